The molecular weight excluding hydrogens is 310 g/mol. The number of rotatable bonds is 5. The molecule has 1 aliphatic rings. The molecule has 0 radical (unpaired) electrons. The van der Waals surface area contributed by atoms with Gasteiger partial charge in [-0.25, -0.2) is 0 Å². The number of esters is 3. The molecule has 0 aromatic heterocycles. The molecule has 9 nitrogen and oxygen atoms in total. The smallest absolute Gasteiger partial charge is 0.303 e. The average Bonchev–Trinajstić information content (AvgIpc) is 2.37. The van der Waals surface area contributed by atoms with Gasteiger partial charge in [0, 0.05) is 34.1 Å². The van der Waals surface area contributed by atoms with E-state index >= 15 is 0 Å². The standard InChI is InChI=1S/C14H21NO8/c1-7(16)15-13-5-11(21-9(3)18)14(22-10(4)19)12(23-13)6-20-8(2)17/h11-14H,5-6H2,1-4H3,(H,15,16)/t11-,12-,13-,14+/m1/s1. The zero-order valence-electron chi connectivity index (χ0n) is 13.5. The van der Waals surface area contributed by atoms with Gasteiger partial charge in [0.05, 0.1) is 0 Å². The highest BCUT2D eigenvalue weighted by Crippen LogP contribution is 2.25. The Morgan fingerprint density at radius 2 is 1.61 bits per heavy atom. The topological polar surface area (TPSA) is 117 Å². The van der Waals surface area contributed by atoms with E-state index in [0.717, 1.165) is 0 Å². The van der Waals surface area contributed by atoms with E-state index in [1.807, 2.05) is 0 Å². The molecule has 0 saturated carbocycles. The molecule has 1 fully saturated rings. The summed E-state index contributed by atoms with van der Waals surface area (Å²) in [5, 5.41) is 2.54. The molecule has 4 atom stereocenters. The fourth-order valence-corrected chi connectivity index (χ4v) is 2.25. The van der Waals surface area contributed by atoms with Gasteiger partial charge in [-0.05, 0) is 0 Å². The van der Waals surface area contributed by atoms with E-state index in [4.69, 9.17) is 18.9 Å². The molecule has 23 heavy (non-hydrogen) atoms. The van der Waals surface area contributed by atoms with E-state index in [9.17, 15) is 19.2 Å². The maximum Gasteiger partial charge on any atom is 0.303 e. The van der Waals surface area contributed by atoms with Gasteiger partial charge in [-0.3, -0.25) is 19.2 Å². The number of ether oxygens (including phenoxy) is 4. The lowest BCUT2D eigenvalue weighted by Crippen LogP contribution is -2.57. The molecule has 1 saturated heterocycles. The lowest BCUT2D eigenvalue weighted by molar-refractivity contribution is -0.218. The molecule has 1 amide bonds. The Balaban J connectivity index is 2.94. The van der Waals surface area contributed by atoms with Crippen molar-refractivity contribution < 1.29 is 38.1 Å². The molecule has 0 spiro atoms. The van der Waals surface area contributed by atoms with E-state index in [1.165, 1.54) is 27.7 Å². The second-order valence-electron chi connectivity index (χ2n) is 5.12. The van der Waals surface area contributed by atoms with Crippen molar-refractivity contribution in [2.45, 2.75) is 58.7 Å². The maximum absolute atomic E-state index is 11.3. The highest BCUT2D eigenvalue weighted by molar-refractivity contribution is 5.73. The Bertz CT molecular complexity index is 477. The highest BCUT2D eigenvalue weighted by atomic mass is 16.6. The van der Waals surface area contributed by atoms with Gasteiger partial charge in [0.25, 0.3) is 0 Å². The third-order valence-corrected chi connectivity index (χ3v) is 2.95. The fourth-order valence-electron chi connectivity index (χ4n) is 2.25. The van der Waals surface area contributed by atoms with E-state index in [1.54, 1.807) is 0 Å². The van der Waals surface area contributed by atoms with Crippen molar-refractivity contribution in [1.29, 1.82) is 0 Å². The molecule has 1 rings (SSSR count). The molecule has 0 aromatic carbocycles. The predicted molar refractivity (Wildman–Crippen MR) is 74.8 cm³/mol. The van der Waals surface area contributed by atoms with Crippen molar-refractivity contribution in [3.8, 4) is 0 Å². The van der Waals surface area contributed by atoms with E-state index in [0.29, 0.717) is 0 Å². The van der Waals surface area contributed by atoms with Crippen molar-refractivity contribution >= 4 is 23.8 Å². The summed E-state index contributed by atoms with van der Waals surface area (Å²) in [4.78, 5) is 44.8. The van der Waals surface area contributed by atoms with Crippen LogP contribution in [-0.2, 0) is 38.1 Å². The van der Waals surface area contributed by atoms with Crippen LogP contribution in [-0.4, -0.2) is 55.0 Å². The van der Waals surface area contributed by atoms with Crippen LogP contribution in [0.15, 0.2) is 0 Å². The third kappa shape index (κ3) is 6.64. The number of amides is 1. The van der Waals surface area contributed by atoms with Gasteiger partial charge < -0.3 is 24.3 Å². The number of carbonyl (C=O) groups is 4. The molecule has 0 bridgehead atoms. The van der Waals surface area contributed by atoms with E-state index in [-0.39, 0.29) is 18.9 Å². The van der Waals surface area contributed by atoms with Crippen molar-refractivity contribution in [2.75, 3.05) is 6.61 Å². The molecule has 1 N–H and O–H groups in total. The van der Waals surface area contributed by atoms with Gasteiger partial charge in [-0.15, -0.1) is 0 Å². The normalized spacial score (nSPS) is 26.8. The van der Waals surface area contributed by atoms with Crippen LogP contribution in [0.25, 0.3) is 0 Å². The fraction of sp³-hybridized carbons (Fsp3) is 0.714. The number of nitrogens with one attached hydrogen (secondary N) is 1. The predicted octanol–water partition coefficient (Wildman–Crippen LogP) is -0.336. The summed E-state index contributed by atoms with van der Waals surface area (Å²) in [5.41, 5.74) is 0. The minimum absolute atomic E-state index is 0.105. The summed E-state index contributed by atoms with van der Waals surface area (Å²) in [6.07, 6.45) is -3.31. The first-order valence-electron chi connectivity index (χ1n) is 7.09. The van der Waals surface area contributed by atoms with Gasteiger partial charge in [0.1, 0.15) is 25.0 Å². The average molecular weight is 331 g/mol. The highest BCUT2D eigenvalue weighted by Gasteiger charge is 2.43. The van der Waals surface area contributed by atoms with Gasteiger partial charge >= 0.3 is 17.9 Å². The summed E-state index contributed by atoms with van der Waals surface area (Å²) in [6.45, 7) is 4.74. The Kier molecular flexibility index (Phi) is 6.95. The lowest BCUT2D eigenvalue weighted by Gasteiger charge is -2.40. The zero-order valence-corrected chi connectivity index (χ0v) is 13.5. The van der Waals surface area contributed by atoms with Gasteiger partial charge in [0.2, 0.25) is 5.91 Å². The summed E-state index contributed by atoms with van der Waals surface area (Å²) in [7, 11) is 0. The van der Waals surface area contributed by atoms with Crippen molar-refractivity contribution in [3.05, 3.63) is 0 Å². The van der Waals surface area contributed by atoms with Crippen LogP contribution in [0.5, 0.6) is 0 Å². The van der Waals surface area contributed by atoms with Gasteiger partial charge in [-0.2, -0.15) is 0 Å². The molecule has 130 valence electrons. The molecule has 0 aliphatic carbocycles. The van der Waals surface area contributed by atoms with Crippen LogP contribution in [0.4, 0.5) is 0 Å². The third-order valence-electron chi connectivity index (χ3n) is 2.95. The van der Waals surface area contributed by atoms with Crippen LogP contribution in [0.1, 0.15) is 34.1 Å². The Hall–Kier alpha value is -2.16. The largest absolute Gasteiger partial charge is 0.463 e. The number of carbonyl (C=O) groups excluding carboxylic acids is 4. The first-order chi connectivity index (χ1) is 10.7. The van der Waals surface area contributed by atoms with Crippen molar-refractivity contribution in [3.63, 3.8) is 0 Å². The minimum Gasteiger partial charge on any atom is -0.463 e. The first-order valence-corrected chi connectivity index (χ1v) is 7.09. The monoisotopic (exact) mass is 331 g/mol. The summed E-state index contributed by atoms with van der Waals surface area (Å²) in [5.74, 6) is -2.04. The first kappa shape index (κ1) is 18.9. The summed E-state index contributed by atoms with van der Waals surface area (Å²) >= 11 is 0. The Labute approximate surface area is 133 Å². The SMILES string of the molecule is CC(=O)N[C@H]1C[C@@H](OC(C)=O)[C@H](OC(C)=O)[C@@H](COC(C)=O)O1. The van der Waals surface area contributed by atoms with Crippen LogP contribution >= 0.6 is 0 Å². The van der Waals surface area contributed by atoms with Gasteiger partial charge in [0.15, 0.2) is 6.10 Å². The number of hydrogen-bond donors (Lipinski definition) is 1. The second-order valence-corrected chi connectivity index (χ2v) is 5.12. The molecule has 1 aliphatic heterocycles. The Morgan fingerprint density at radius 3 is 2.09 bits per heavy atom. The van der Waals surface area contributed by atoms with Crippen molar-refractivity contribution in [1.82, 2.24) is 5.32 Å². The number of hydrogen-bond acceptors (Lipinski definition) is 8. The quantitative estimate of drug-likeness (QED) is 0.537. The molecule has 0 unspecified atom stereocenters. The van der Waals surface area contributed by atoms with Crippen LogP contribution < -0.4 is 5.32 Å². The van der Waals surface area contributed by atoms with Gasteiger partial charge in [-0.1, -0.05) is 0 Å². The molecule has 0 aromatic rings. The van der Waals surface area contributed by atoms with Crippen LogP contribution in [0.3, 0.4) is 0 Å². The van der Waals surface area contributed by atoms with E-state index in [2.05, 4.69) is 5.32 Å². The van der Waals surface area contributed by atoms with Crippen LogP contribution in [0.2, 0.25) is 0 Å². The second kappa shape index (κ2) is 8.47. The lowest BCUT2D eigenvalue weighted by atomic mass is 10.00. The van der Waals surface area contributed by atoms with Crippen molar-refractivity contribution in [2.24, 2.45) is 0 Å². The summed E-state index contributed by atoms with van der Waals surface area (Å²) in [6, 6.07) is 0. The van der Waals surface area contributed by atoms with E-state index < -0.39 is 42.4 Å². The summed E-state index contributed by atoms with van der Waals surface area (Å²) < 4.78 is 20.8. The zero-order chi connectivity index (χ0) is 17.6. The molecule has 9 heteroatoms. The Morgan fingerprint density at radius 1 is 1.00 bits per heavy atom. The molecular formula is C14H21NO8. The maximum atomic E-state index is 11.3. The molecule has 1 heterocycles. The minimum atomic E-state index is -0.944. The van der Waals surface area contributed by atoms with Crippen LogP contribution in [0, 0.1) is 0 Å².